The van der Waals surface area contributed by atoms with E-state index >= 15 is 0 Å². The van der Waals surface area contributed by atoms with Crippen molar-refractivity contribution in [2.75, 3.05) is 13.1 Å². The third-order valence-corrected chi connectivity index (χ3v) is 3.27. The molecular weight excluding hydrogens is 254 g/mol. The van der Waals surface area contributed by atoms with Crippen molar-refractivity contribution in [1.29, 1.82) is 0 Å². The van der Waals surface area contributed by atoms with Crippen molar-refractivity contribution in [1.82, 2.24) is 4.90 Å². The van der Waals surface area contributed by atoms with Crippen LogP contribution < -0.4 is 0 Å². The van der Waals surface area contributed by atoms with Gasteiger partial charge in [0.05, 0.1) is 5.92 Å². The van der Waals surface area contributed by atoms with Gasteiger partial charge in [0.25, 0.3) is 0 Å². The summed E-state index contributed by atoms with van der Waals surface area (Å²) in [5.74, 6) is 0.00784. The first-order valence-corrected chi connectivity index (χ1v) is 7.48. The molecule has 0 unspecified atom stereocenters. The normalized spacial score (nSPS) is 18.0. The van der Waals surface area contributed by atoms with E-state index in [-0.39, 0.29) is 23.2 Å². The number of carbonyl (C=O) groups excluding carboxylic acids is 2. The molecule has 1 fully saturated rings. The molecule has 0 N–H and O–H groups in total. The summed E-state index contributed by atoms with van der Waals surface area (Å²) >= 11 is 0. The Balaban J connectivity index is 2.44. The quantitative estimate of drug-likeness (QED) is 0.732. The summed E-state index contributed by atoms with van der Waals surface area (Å²) in [7, 11) is 0. The fraction of sp³-hybridized carbons (Fsp3) is 0.875. The van der Waals surface area contributed by atoms with Crippen molar-refractivity contribution in [3.8, 4) is 0 Å². The van der Waals surface area contributed by atoms with Gasteiger partial charge in [-0.05, 0) is 39.0 Å². The van der Waals surface area contributed by atoms with E-state index in [0.717, 1.165) is 0 Å². The molecule has 20 heavy (non-hydrogen) atoms. The first kappa shape index (κ1) is 17.0. The van der Waals surface area contributed by atoms with Crippen LogP contribution in [0.5, 0.6) is 0 Å². The van der Waals surface area contributed by atoms with Crippen LogP contribution >= 0.6 is 0 Å². The zero-order valence-electron chi connectivity index (χ0n) is 13.8. The molecule has 0 aromatic rings. The molecule has 0 aromatic carbocycles. The Bertz CT molecular complexity index is 319. The Morgan fingerprint density at radius 2 is 1.55 bits per heavy atom. The van der Waals surface area contributed by atoms with E-state index in [1.165, 1.54) is 0 Å². The zero-order valence-corrected chi connectivity index (χ0v) is 13.8. The molecule has 1 heterocycles. The van der Waals surface area contributed by atoms with Crippen LogP contribution in [0.1, 0.15) is 60.8 Å². The number of piperidine rings is 1. The summed E-state index contributed by atoms with van der Waals surface area (Å²) in [5, 5.41) is 0. The van der Waals surface area contributed by atoms with Crippen LogP contribution in [0.25, 0.3) is 0 Å². The third kappa shape index (κ3) is 5.93. The van der Waals surface area contributed by atoms with E-state index in [1.807, 2.05) is 25.7 Å². The van der Waals surface area contributed by atoms with Gasteiger partial charge in [-0.25, -0.2) is 0 Å². The molecule has 0 radical (unpaired) electrons. The molecule has 0 bridgehead atoms. The molecular formula is C16H29NO3. The minimum absolute atomic E-state index is 0.0130. The van der Waals surface area contributed by atoms with Gasteiger partial charge in [0, 0.05) is 19.5 Å². The van der Waals surface area contributed by atoms with E-state index in [1.54, 1.807) is 0 Å². The average Bonchev–Trinajstić information content (AvgIpc) is 2.24. The maximum absolute atomic E-state index is 12.1. The summed E-state index contributed by atoms with van der Waals surface area (Å²) in [6.45, 7) is 13.2. The highest BCUT2D eigenvalue weighted by molar-refractivity contribution is 5.78. The van der Waals surface area contributed by atoms with Gasteiger partial charge in [-0.3, -0.25) is 9.59 Å². The lowest BCUT2D eigenvalue weighted by Crippen LogP contribution is -2.42. The van der Waals surface area contributed by atoms with Crippen molar-refractivity contribution in [2.45, 2.75) is 66.4 Å². The monoisotopic (exact) mass is 283 g/mol. The number of likely N-dealkylation sites (tertiary alicyclic amines) is 1. The predicted octanol–water partition coefficient (Wildman–Crippen LogP) is 3.00. The van der Waals surface area contributed by atoms with Crippen LogP contribution in [0, 0.1) is 11.3 Å². The van der Waals surface area contributed by atoms with Crippen molar-refractivity contribution in [2.24, 2.45) is 11.3 Å². The molecule has 1 aliphatic rings. The summed E-state index contributed by atoms with van der Waals surface area (Å²) in [4.78, 5) is 26.0. The molecule has 1 amide bonds. The smallest absolute Gasteiger partial charge is 0.309 e. The van der Waals surface area contributed by atoms with Crippen LogP contribution in [-0.2, 0) is 14.3 Å². The molecule has 4 heteroatoms. The van der Waals surface area contributed by atoms with Gasteiger partial charge in [-0.1, -0.05) is 20.8 Å². The van der Waals surface area contributed by atoms with E-state index < -0.39 is 5.60 Å². The zero-order chi connectivity index (χ0) is 15.6. The van der Waals surface area contributed by atoms with Crippen molar-refractivity contribution in [3.63, 3.8) is 0 Å². The number of hydrogen-bond donors (Lipinski definition) is 0. The molecule has 116 valence electrons. The second-order valence-corrected chi connectivity index (χ2v) is 7.93. The van der Waals surface area contributed by atoms with Crippen LogP contribution in [-0.4, -0.2) is 35.5 Å². The lowest BCUT2D eigenvalue weighted by Gasteiger charge is -2.33. The topological polar surface area (TPSA) is 46.6 Å². The van der Waals surface area contributed by atoms with E-state index in [9.17, 15) is 9.59 Å². The van der Waals surface area contributed by atoms with Crippen molar-refractivity contribution in [3.05, 3.63) is 0 Å². The fourth-order valence-electron chi connectivity index (χ4n) is 2.32. The maximum atomic E-state index is 12.1. The Morgan fingerprint density at radius 1 is 1.05 bits per heavy atom. The third-order valence-electron chi connectivity index (χ3n) is 3.27. The number of esters is 1. The maximum Gasteiger partial charge on any atom is 0.309 e. The molecule has 0 saturated carbocycles. The first-order valence-electron chi connectivity index (χ1n) is 7.48. The Morgan fingerprint density at radius 3 is 1.95 bits per heavy atom. The fourth-order valence-corrected chi connectivity index (χ4v) is 2.32. The molecule has 4 nitrogen and oxygen atoms in total. The van der Waals surface area contributed by atoms with E-state index in [2.05, 4.69) is 20.8 Å². The predicted molar refractivity (Wildman–Crippen MR) is 79.2 cm³/mol. The van der Waals surface area contributed by atoms with Crippen molar-refractivity contribution >= 4 is 11.9 Å². The Hall–Kier alpha value is -1.06. The van der Waals surface area contributed by atoms with E-state index in [4.69, 9.17) is 4.74 Å². The van der Waals surface area contributed by atoms with E-state index in [0.29, 0.717) is 32.4 Å². The average molecular weight is 283 g/mol. The highest BCUT2D eigenvalue weighted by Crippen LogP contribution is 2.25. The standard InChI is InChI=1S/C16H29NO3/c1-15(2,3)11-13(18)17-9-7-12(8-10-17)14(19)20-16(4,5)6/h12H,7-11H2,1-6H3. The highest BCUT2D eigenvalue weighted by atomic mass is 16.6. The number of nitrogens with zero attached hydrogens (tertiary/aromatic N) is 1. The molecule has 1 aliphatic heterocycles. The molecule has 0 atom stereocenters. The Kier molecular flexibility index (Phi) is 5.22. The highest BCUT2D eigenvalue weighted by Gasteiger charge is 2.31. The molecule has 0 spiro atoms. The first-order chi connectivity index (χ1) is 8.98. The summed E-state index contributed by atoms with van der Waals surface area (Å²) in [6, 6.07) is 0. The second kappa shape index (κ2) is 6.15. The van der Waals surface area contributed by atoms with Crippen molar-refractivity contribution < 1.29 is 14.3 Å². The SMILES string of the molecule is CC(C)(C)CC(=O)N1CCC(C(=O)OC(C)(C)C)CC1. The number of amides is 1. The van der Waals surface area contributed by atoms with Gasteiger partial charge < -0.3 is 9.64 Å². The minimum Gasteiger partial charge on any atom is -0.460 e. The molecule has 0 aliphatic carbocycles. The second-order valence-electron chi connectivity index (χ2n) is 7.93. The molecule has 1 saturated heterocycles. The molecule has 0 aromatic heterocycles. The number of hydrogen-bond acceptors (Lipinski definition) is 3. The van der Waals surface area contributed by atoms with Gasteiger partial charge in [-0.2, -0.15) is 0 Å². The molecule has 1 rings (SSSR count). The summed E-state index contributed by atoms with van der Waals surface area (Å²) in [6.07, 6.45) is 1.99. The lowest BCUT2D eigenvalue weighted by molar-refractivity contribution is -0.162. The van der Waals surface area contributed by atoms with Gasteiger partial charge in [0.1, 0.15) is 5.60 Å². The van der Waals surface area contributed by atoms with Crippen LogP contribution in [0.4, 0.5) is 0 Å². The van der Waals surface area contributed by atoms with Gasteiger partial charge in [-0.15, -0.1) is 0 Å². The largest absolute Gasteiger partial charge is 0.460 e. The summed E-state index contributed by atoms with van der Waals surface area (Å²) < 4.78 is 5.41. The van der Waals surface area contributed by atoms with Crippen LogP contribution in [0.3, 0.4) is 0 Å². The van der Waals surface area contributed by atoms with Gasteiger partial charge in [0.15, 0.2) is 0 Å². The summed E-state index contributed by atoms with van der Waals surface area (Å²) in [5.41, 5.74) is -0.421. The van der Waals surface area contributed by atoms with Gasteiger partial charge >= 0.3 is 5.97 Å². The number of rotatable bonds is 2. The Labute approximate surface area is 122 Å². The number of carbonyl (C=O) groups is 2. The van der Waals surface area contributed by atoms with Gasteiger partial charge in [0.2, 0.25) is 5.91 Å². The minimum atomic E-state index is -0.434. The van der Waals surface area contributed by atoms with Crippen LogP contribution in [0.2, 0.25) is 0 Å². The number of ether oxygens (including phenoxy) is 1. The lowest BCUT2D eigenvalue weighted by atomic mass is 9.90. The van der Waals surface area contributed by atoms with Crippen LogP contribution in [0.15, 0.2) is 0 Å².